The first-order chi connectivity index (χ1) is 9.61. The second-order valence-electron chi connectivity index (χ2n) is 4.77. The van der Waals surface area contributed by atoms with E-state index in [-0.39, 0.29) is 18.7 Å². The fourth-order valence-corrected chi connectivity index (χ4v) is 4.69. The van der Waals surface area contributed by atoms with Gasteiger partial charge in [-0.3, -0.25) is 0 Å². The molecule has 1 saturated heterocycles. The average Bonchev–Trinajstić information content (AvgIpc) is 3.00. The first-order valence-corrected chi connectivity index (χ1v) is 8.69. The highest BCUT2D eigenvalue weighted by Gasteiger charge is 2.19. The lowest BCUT2D eigenvalue weighted by Crippen LogP contribution is -2.40. The minimum atomic E-state index is -0.199. The zero-order chi connectivity index (χ0) is 14.5. The van der Waals surface area contributed by atoms with E-state index < -0.39 is 0 Å². The van der Waals surface area contributed by atoms with Crippen LogP contribution in [0.15, 0.2) is 24.3 Å². The van der Waals surface area contributed by atoms with Crippen molar-refractivity contribution in [3.05, 3.63) is 29.8 Å². The molecule has 0 bridgehead atoms. The van der Waals surface area contributed by atoms with Gasteiger partial charge in [0, 0.05) is 24.2 Å². The van der Waals surface area contributed by atoms with Crippen molar-refractivity contribution in [1.82, 2.24) is 4.90 Å². The van der Waals surface area contributed by atoms with Crippen LogP contribution in [0.2, 0.25) is 0 Å². The molecule has 0 aromatic heterocycles. The number of aliphatic hydroxyl groups is 1. The van der Waals surface area contributed by atoms with E-state index in [1.54, 1.807) is 7.05 Å². The molecule has 1 heterocycles. The molecule has 110 valence electrons. The second kappa shape index (κ2) is 7.24. The Morgan fingerprint density at radius 2 is 2.20 bits per heavy atom. The smallest absolute Gasteiger partial charge is 0.321 e. The lowest BCUT2D eigenvalue weighted by molar-refractivity contribution is 0.166. The maximum absolute atomic E-state index is 12.0. The minimum absolute atomic E-state index is 0.0423. The topological polar surface area (TPSA) is 52.6 Å². The summed E-state index contributed by atoms with van der Waals surface area (Å²) in [7, 11) is 1.68. The molecule has 1 aliphatic rings. The fraction of sp³-hybridized carbons (Fsp3) is 0.500. The van der Waals surface area contributed by atoms with Crippen molar-refractivity contribution in [2.24, 2.45) is 0 Å². The third kappa shape index (κ3) is 3.84. The molecule has 1 atom stereocenters. The quantitative estimate of drug-likeness (QED) is 0.897. The molecule has 20 heavy (non-hydrogen) atoms. The number of thioether (sulfide) groups is 2. The summed E-state index contributed by atoms with van der Waals surface area (Å²) < 4.78 is 0.473. The van der Waals surface area contributed by atoms with Crippen molar-refractivity contribution in [2.75, 3.05) is 30.5 Å². The predicted octanol–water partition coefficient (Wildman–Crippen LogP) is 3.01. The van der Waals surface area contributed by atoms with Crippen molar-refractivity contribution in [3.8, 4) is 0 Å². The van der Waals surface area contributed by atoms with Gasteiger partial charge in [0.25, 0.3) is 0 Å². The number of nitrogens with one attached hydrogen (secondary N) is 1. The Balaban J connectivity index is 2.02. The number of hydrogen-bond donors (Lipinski definition) is 2. The second-order valence-corrected chi connectivity index (χ2v) is 7.50. The van der Waals surface area contributed by atoms with E-state index in [9.17, 15) is 4.79 Å². The van der Waals surface area contributed by atoms with Gasteiger partial charge in [0.2, 0.25) is 0 Å². The van der Waals surface area contributed by atoms with E-state index in [1.807, 2.05) is 48.6 Å². The van der Waals surface area contributed by atoms with Crippen molar-refractivity contribution < 1.29 is 9.90 Å². The molecule has 1 unspecified atom stereocenters. The Morgan fingerprint density at radius 1 is 1.50 bits per heavy atom. The number of carbonyl (C=O) groups is 1. The average molecular weight is 312 g/mol. The van der Waals surface area contributed by atoms with E-state index >= 15 is 0 Å². The largest absolute Gasteiger partial charge is 0.394 e. The van der Waals surface area contributed by atoms with Crippen LogP contribution in [0.5, 0.6) is 0 Å². The van der Waals surface area contributed by atoms with Gasteiger partial charge in [-0.25, -0.2) is 4.79 Å². The van der Waals surface area contributed by atoms with Crippen molar-refractivity contribution in [1.29, 1.82) is 0 Å². The Hall–Kier alpha value is -0.850. The first-order valence-electron chi connectivity index (χ1n) is 6.59. The van der Waals surface area contributed by atoms with Gasteiger partial charge in [-0.05, 0) is 24.6 Å². The monoisotopic (exact) mass is 312 g/mol. The van der Waals surface area contributed by atoms with Crippen LogP contribution in [0.3, 0.4) is 0 Å². The molecule has 2 rings (SSSR count). The normalized spacial score (nSPS) is 16.9. The Morgan fingerprint density at radius 3 is 2.85 bits per heavy atom. The van der Waals surface area contributed by atoms with Crippen LogP contribution < -0.4 is 5.32 Å². The summed E-state index contributed by atoms with van der Waals surface area (Å²) in [5.41, 5.74) is 2.05. The molecule has 2 N–H and O–H groups in total. The number of likely N-dealkylation sites (N-methyl/N-ethyl adjacent to an activating group) is 1. The van der Waals surface area contributed by atoms with Gasteiger partial charge in [-0.2, -0.15) is 0 Å². The van der Waals surface area contributed by atoms with Gasteiger partial charge in [0.1, 0.15) is 0 Å². The summed E-state index contributed by atoms with van der Waals surface area (Å²) in [6.45, 7) is 1.77. The summed E-state index contributed by atoms with van der Waals surface area (Å²) in [6, 6.07) is 7.61. The summed E-state index contributed by atoms with van der Waals surface area (Å²) in [5, 5.41) is 12.0. The summed E-state index contributed by atoms with van der Waals surface area (Å²) >= 11 is 3.89. The summed E-state index contributed by atoms with van der Waals surface area (Å²) in [4.78, 5) is 13.5. The molecule has 1 aromatic rings. The van der Waals surface area contributed by atoms with E-state index in [0.29, 0.717) is 4.58 Å². The van der Waals surface area contributed by atoms with Crippen LogP contribution in [-0.2, 0) is 0 Å². The van der Waals surface area contributed by atoms with Gasteiger partial charge >= 0.3 is 6.03 Å². The number of rotatable bonds is 4. The Labute approximate surface area is 128 Å². The molecule has 6 heteroatoms. The van der Waals surface area contributed by atoms with Crippen LogP contribution in [0.4, 0.5) is 10.5 Å². The maximum atomic E-state index is 12.0. The van der Waals surface area contributed by atoms with E-state index in [4.69, 9.17) is 5.11 Å². The molecular formula is C14H20N2O2S2. The molecule has 2 amide bonds. The van der Waals surface area contributed by atoms with E-state index in [0.717, 1.165) is 5.69 Å². The lowest BCUT2D eigenvalue weighted by atomic mass is 10.2. The van der Waals surface area contributed by atoms with Gasteiger partial charge in [0.05, 0.1) is 17.2 Å². The molecule has 0 radical (unpaired) electrons. The Kier molecular flexibility index (Phi) is 5.63. The number of amides is 2. The highest BCUT2D eigenvalue weighted by Crippen LogP contribution is 2.45. The van der Waals surface area contributed by atoms with Gasteiger partial charge < -0.3 is 15.3 Å². The summed E-state index contributed by atoms with van der Waals surface area (Å²) in [6.07, 6.45) is 0. The zero-order valence-electron chi connectivity index (χ0n) is 11.7. The van der Waals surface area contributed by atoms with Crippen LogP contribution in [0, 0.1) is 0 Å². The predicted molar refractivity (Wildman–Crippen MR) is 87.4 cm³/mol. The van der Waals surface area contributed by atoms with Gasteiger partial charge in [0.15, 0.2) is 0 Å². The standard InChI is InChI=1S/C14H20N2O2S2/c1-10(9-17)16(2)14(18)15-12-5-3-4-11(8-12)13-19-6-7-20-13/h3-5,8,10,13,17H,6-7,9H2,1-2H3,(H,15,18). The number of hydrogen-bond acceptors (Lipinski definition) is 4. The number of urea groups is 1. The molecule has 1 aromatic carbocycles. The number of nitrogens with zero attached hydrogens (tertiary/aromatic N) is 1. The van der Waals surface area contributed by atoms with Crippen LogP contribution in [-0.4, -0.2) is 47.2 Å². The molecule has 0 saturated carbocycles. The molecule has 0 spiro atoms. The zero-order valence-corrected chi connectivity index (χ0v) is 13.3. The van der Waals surface area contributed by atoms with E-state index in [1.165, 1.54) is 22.0 Å². The molecule has 1 aliphatic heterocycles. The first kappa shape index (κ1) is 15.5. The SMILES string of the molecule is CC(CO)N(C)C(=O)Nc1cccc(C2SCCS2)c1. The highest BCUT2D eigenvalue weighted by molar-refractivity contribution is 8.19. The Bertz CT molecular complexity index is 464. The highest BCUT2D eigenvalue weighted by atomic mass is 32.2. The number of benzene rings is 1. The van der Waals surface area contributed by atoms with Crippen molar-refractivity contribution in [2.45, 2.75) is 17.5 Å². The number of carbonyl (C=O) groups excluding carboxylic acids is 1. The summed E-state index contributed by atoms with van der Waals surface area (Å²) in [5.74, 6) is 2.37. The number of anilines is 1. The third-order valence-electron chi connectivity index (χ3n) is 3.28. The molecule has 0 aliphatic carbocycles. The van der Waals surface area contributed by atoms with Crippen molar-refractivity contribution in [3.63, 3.8) is 0 Å². The van der Waals surface area contributed by atoms with E-state index in [2.05, 4.69) is 11.4 Å². The van der Waals surface area contributed by atoms with Crippen LogP contribution in [0.25, 0.3) is 0 Å². The fourth-order valence-electron chi connectivity index (χ4n) is 1.85. The van der Waals surface area contributed by atoms with Crippen LogP contribution >= 0.6 is 23.5 Å². The third-order valence-corrected chi connectivity index (χ3v) is 6.38. The molecule has 4 nitrogen and oxygen atoms in total. The van der Waals surface area contributed by atoms with Gasteiger partial charge in [-0.15, -0.1) is 23.5 Å². The molecular weight excluding hydrogens is 292 g/mol. The van der Waals surface area contributed by atoms with Crippen LogP contribution in [0.1, 0.15) is 17.1 Å². The lowest BCUT2D eigenvalue weighted by Gasteiger charge is -2.23. The number of aliphatic hydroxyl groups excluding tert-OH is 1. The minimum Gasteiger partial charge on any atom is -0.394 e. The maximum Gasteiger partial charge on any atom is 0.321 e. The molecule has 1 fully saturated rings. The van der Waals surface area contributed by atoms with Crippen molar-refractivity contribution >= 4 is 35.2 Å². The van der Waals surface area contributed by atoms with Gasteiger partial charge in [-0.1, -0.05) is 12.1 Å².